The molecule has 3 aromatic rings. The Kier molecular flexibility index (Phi) is 5.59. The number of halogens is 2. The van der Waals surface area contributed by atoms with Crippen molar-refractivity contribution < 1.29 is 32.9 Å². The van der Waals surface area contributed by atoms with Crippen molar-refractivity contribution >= 4 is 23.1 Å². The van der Waals surface area contributed by atoms with Gasteiger partial charge in [0.1, 0.15) is 11.4 Å². The van der Waals surface area contributed by atoms with Gasteiger partial charge in [0.25, 0.3) is 12.3 Å². The zero-order chi connectivity index (χ0) is 24.1. The Labute approximate surface area is 197 Å². The van der Waals surface area contributed by atoms with Crippen molar-refractivity contribution in [2.24, 2.45) is 0 Å². The van der Waals surface area contributed by atoms with E-state index in [4.69, 9.17) is 19.3 Å². The summed E-state index contributed by atoms with van der Waals surface area (Å²) in [6.07, 6.45) is 1.84. The van der Waals surface area contributed by atoms with Crippen molar-refractivity contribution in [1.29, 1.82) is 0 Å². The smallest absolute Gasteiger partial charge is 0.284 e. The normalized spacial score (nSPS) is 26.2. The standard InChI is InChI=1S/C21H23F2N7O5/c22-19(23)18-15(6-30(27-18)12-9-34-17(7-31)35-10-12)25-21(32)14-4-24-29-2-1-16(26-20(14)29)28-5-13-3-11(28)8-33-13/h1-2,4,6,11-13,17,19,31H,3,5,7-10H2,(H,25,32)/t11-,12-,13-,17-/m1/s1. The van der Waals surface area contributed by atoms with Crippen LogP contribution in [0, 0.1) is 0 Å². The molecule has 186 valence electrons. The van der Waals surface area contributed by atoms with Crippen LogP contribution >= 0.6 is 0 Å². The van der Waals surface area contributed by atoms with Crippen molar-refractivity contribution in [3.05, 3.63) is 35.9 Å². The third-order valence-electron chi connectivity index (χ3n) is 6.48. The van der Waals surface area contributed by atoms with Crippen molar-refractivity contribution in [2.45, 2.75) is 37.3 Å². The molecular formula is C21H23F2N7O5. The quantitative estimate of drug-likeness (QED) is 0.519. The van der Waals surface area contributed by atoms with Gasteiger partial charge in [-0.15, -0.1) is 0 Å². The minimum atomic E-state index is -2.91. The number of carbonyl (C=O) groups excluding carboxylic acids is 1. The van der Waals surface area contributed by atoms with Crippen LogP contribution in [-0.2, 0) is 14.2 Å². The van der Waals surface area contributed by atoms with E-state index in [1.165, 1.54) is 21.6 Å². The van der Waals surface area contributed by atoms with Crippen LogP contribution in [0.1, 0.15) is 34.9 Å². The van der Waals surface area contributed by atoms with Gasteiger partial charge >= 0.3 is 0 Å². The number of anilines is 2. The molecule has 3 aliphatic heterocycles. The van der Waals surface area contributed by atoms with Crippen LogP contribution in [0.15, 0.2) is 24.7 Å². The van der Waals surface area contributed by atoms with Crippen LogP contribution in [-0.4, -0.2) is 86.8 Å². The van der Waals surface area contributed by atoms with Crippen LogP contribution in [0.25, 0.3) is 5.65 Å². The van der Waals surface area contributed by atoms with Crippen LogP contribution in [0.3, 0.4) is 0 Å². The van der Waals surface area contributed by atoms with Crippen LogP contribution in [0.5, 0.6) is 0 Å². The Bertz CT molecular complexity index is 1240. The average molecular weight is 491 g/mol. The molecule has 12 nitrogen and oxygen atoms in total. The minimum absolute atomic E-state index is 0.118. The first kappa shape index (κ1) is 22.3. The molecule has 0 saturated carbocycles. The molecule has 2 bridgehead atoms. The summed E-state index contributed by atoms with van der Waals surface area (Å²) in [4.78, 5) is 19.9. The number of aromatic nitrogens is 5. The Balaban J connectivity index is 1.24. The van der Waals surface area contributed by atoms with Gasteiger partial charge in [-0.2, -0.15) is 10.2 Å². The Morgan fingerprint density at radius 3 is 2.71 bits per heavy atom. The number of carbonyl (C=O) groups is 1. The highest BCUT2D eigenvalue weighted by atomic mass is 19.3. The van der Waals surface area contributed by atoms with Crippen molar-refractivity contribution in [3.63, 3.8) is 0 Å². The topological polar surface area (TPSA) is 128 Å². The van der Waals surface area contributed by atoms with Crippen LogP contribution in [0.2, 0.25) is 0 Å². The second-order valence-electron chi connectivity index (χ2n) is 8.70. The van der Waals surface area contributed by atoms with Crippen molar-refractivity contribution in [3.8, 4) is 0 Å². The molecule has 0 unspecified atom stereocenters. The van der Waals surface area contributed by atoms with Gasteiger partial charge in [-0.3, -0.25) is 9.48 Å². The predicted octanol–water partition coefficient (Wildman–Crippen LogP) is 0.999. The maximum atomic E-state index is 13.7. The fraction of sp³-hybridized carbons (Fsp3) is 0.524. The van der Waals surface area contributed by atoms with Crippen molar-refractivity contribution in [1.82, 2.24) is 24.4 Å². The molecule has 6 rings (SSSR count). The zero-order valence-corrected chi connectivity index (χ0v) is 18.5. The molecule has 3 aromatic heterocycles. The molecule has 0 spiro atoms. The van der Waals surface area contributed by atoms with Gasteiger partial charge in [-0.25, -0.2) is 18.3 Å². The van der Waals surface area contributed by atoms with Gasteiger partial charge < -0.3 is 29.5 Å². The van der Waals surface area contributed by atoms with E-state index >= 15 is 0 Å². The summed E-state index contributed by atoms with van der Waals surface area (Å²) in [5.74, 6) is 0.0799. The van der Waals surface area contributed by atoms with Gasteiger partial charge in [-0.05, 0) is 12.5 Å². The second kappa shape index (κ2) is 8.78. The largest absolute Gasteiger partial charge is 0.391 e. The molecule has 0 radical (unpaired) electrons. The average Bonchev–Trinajstić information content (AvgIpc) is 3.66. The lowest BCUT2D eigenvalue weighted by molar-refractivity contribution is -0.212. The number of fused-ring (bicyclic) bond motifs is 3. The summed E-state index contributed by atoms with van der Waals surface area (Å²) < 4.78 is 46.4. The van der Waals surface area contributed by atoms with E-state index in [1.54, 1.807) is 6.20 Å². The molecule has 14 heteroatoms. The lowest BCUT2D eigenvalue weighted by Crippen LogP contribution is -2.37. The highest BCUT2D eigenvalue weighted by Crippen LogP contribution is 2.32. The minimum Gasteiger partial charge on any atom is -0.391 e. The number of hydrogen-bond donors (Lipinski definition) is 2. The van der Waals surface area contributed by atoms with Crippen LogP contribution < -0.4 is 10.2 Å². The van der Waals surface area contributed by atoms with E-state index in [2.05, 4.69) is 25.4 Å². The molecule has 2 atom stereocenters. The molecule has 2 N–H and O–H groups in total. The number of ether oxygens (including phenoxy) is 3. The highest BCUT2D eigenvalue weighted by Gasteiger charge is 2.39. The number of nitrogens with zero attached hydrogens (tertiary/aromatic N) is 6. The first-order valence-electron chi connectivity index (χ1n) is 11.3. The van der Waals surface area contributed by atoms with E-state index in [9.17, 15) is 13.6 Å². The molecular weight excluding hydrogens is 468 g/mol. The van der Waals surface area contributed by atoms with Gasteiger partial charge in [0, 0.05) is 18.9 Å². The van der Waals surface area contributed by atoms with E-state index in [-0.39, 0.29) is 43.2 Å². The number of aliphatic hydroxyl groups excluding tert-OH is 1. The fourth-order valence-corrected chi connectivity index (χ4v) is 4.69. The number of alkyl halides is 2. The Morgan fingerprint density at radius 2 is 2.03 bits per heavy atom. The molecule has 3 aliphatic rings. The first-order valence-corrected chi connectivity index (χ1v) is 11.3. The maximum absolute atomic E-state index is 13.7. The third-order valence-corrected chi connectivity index (χ3v) is 6.48. The van der Waals surface area contributed by atoms with Crippen LogP contribution in [0.4, 0.5) is 20.3 Å². The van der Waals surface area contributed by atoms with E-state index in [0.717, 1.165) is 13.0 Å². The molecule has 35 heavy (non-hydrogen) atoms. The molecule has 6 heterocycles. The summed E-state index contributed by atoms with van der Waals surface area (Å²) in [6, 6.07) is 1.59. The highest BCUT2D eigenvalue weighted by molar-refractivity contribution is 6.08. The Hall–Kier alpha value is -3.20. The summed E-state index contributed by atoms with van der Waals surface area (Å²) >= 11 is 0. The van der Waals surface area contributed by atoms with Gasteiger partial charge in [-0.1, -0.05) is 0 Å². The summed E-state index contributed by atoms with van der Waals surface area (Å²) in [5.41, 5.74) is -0.228. The third kappa shape index (κ3) is 4.01. The van der Waals surface area contributed by atoms with Gasteiger partial charge in [0.2, 0.25) is 0 Å². The zero-order valence-electron chi connectivity index (χ0n) is 18.5. The number of morpholine rings is 1. The van der Waals surface area contributed by atoms with Crippen molar-refractivity contribution in [2.75, 3.05) is 43.2 Å². The number of rotatable bonds is 6. The SMILES string of the molecule is O=C(Nc1cn([C@H]2CO[C@H](CO)OC2)nc1C(F)F)c1cnn2ccc(N3C[C@H]4C[C@@H]3CO4)nc12. The van der Waals surface area contributed by atoms with E-state index in [0.29, 0.717) is 18.1 Å². The molecule has 0 aromatic carbocycles. The molecule has 1 amide bonds. The number of nitrogens with one attached hydrogen (secondary N) is 1. The van der Waals surface area contributed by atoms with E-state index < -0.39 is 30.4 Å². The second-order valence-corrected chi connectivity index (χ2v) is 8.70. The monoisotopic (exact) mass is 491 g/mol. The fourth-order valence-electron chi connectivity index (χ4n) is 4.69. The maximum Gasteiger partial charge on any atom is 0.284 e. The van der Waals surface area contributed by atoms with Gasteiger partial charge in [0.05, 0.1) is 56.5 Å². The molecule has 3 fully saturated rings. The number of hydrogen-bond acceptors (Lipinski definition) is 9. The van der Waals surface area contributed by atoms with E-state index in [1.807, 2.05) is 6.07 Å². The molecule has 0 aliphatic carbocycles. The summed E-state index contributed by atoms with van der Waals surface area (Å²) in [5, 5.41) is 19.8. The lowest BCUT2D eigenvalue weighted by atomic mass is 10.2. The lowest BCUT2D eigenvalue weighted by Gasteiger charge is -2.28. The Morgan fingerprint density at radius 1 is 1.23 bits per heavy atom. The number of aliphatic hydroxyl groups is 1. The summed E-state index contributed by atoms with van der Waals surface area (Å²) in [6.45, 7) is 1.30. The predicted molar refractivity (Wildman–Crippen MR) is 115 cm³/mol. The number of amides is 1. The van der Waals surface area contributed by atoms with Gasteiger partial charge in [0.15, 0.2) is 17.6 Å². The first-order chi connectivity index (χ1) is 17.0. The summed E-state index contributed by atoms with van der Waals surface area (Å²) in [7, 11) is 0. The molecule has 3 saturated heterocycles.